The first kappa shape index (κ1) is 15.8. The van der Waals surface area contributed by atoms with Gasteiger partial charge in [-0.25, -0.2) is 13.1 Å². The lowest BCUT2D eigenvalue weighted by Crippen LogP contribution is -2.39. The molecule has 0 bridgehead atoms. The minimum absolute atomic E-state index is 0.167. The topological polar surface area (TPSA) is 106 Å². The van der Waals surface area contributed by atoms with Gasteiger partial charge in [-0.1, -0.05) is 11.6 Å². The summed E-state index contributed by atoms with van der Waals surface area (Å²) in [5.41, 5.74) is -0.415. The molecule has 0 aromatic carbocycles. The number of nitrogens with zero attached hydrogens (tertiary/aromatic N) is 1. The zero-order chi connectivity index (χ0) is 14.9. The monoisotopic (exact) mass is 358 g/mol. The van der Waals surface area contributed by atoms with Crippen molar-refractivity contribution in [2.45, 2.75) is 23.1 Å². The Labute approximate surface area is 127 Å². The summed E-state index contributed by atoms with van der Waals surface area (Å²) in [6.45, 7) is 0. The standard InChI is InChI=1S/C9H11ClN2O5S3/c10-9-7(12(13)14)5-8(18-9)20(16,17)11-6-1-3-19(15)4-2-6/h5-6,11H,1-4H2. The molecule has 11 heteroatoms. The highest BCUT2D eigenvalue weighted by Crippen LogP contribution is 2.36. The zero-order valence-electron chi connectivity index (χ0n) is 10.1. The smallest absolute Gasteiger partial charge is 0.260 e. The molecule has 1 aliphatic rings. The minimum Gasteiger partial charge on any atom is -0.260 e. The van der Waals surface area contributed by atoms with Crippen LogP contribution in [0, 0.1) is 10.1 Å². The van der Waals surface area contributed by atoms with Gasteiger partial charge in [0.15, 0.2) is 4.34 Å². The molecule has 1 aliphatic heterocycles. The van der Waals surface area contributed by atoms with Crippen molar-refractivity contribution < 1.29 is 17.6 Å². The van der Waals surface area contributed by atoms with Crippen LogP contribution in [0.5, 0.6) is 0 Å². The van der Waals surface area contributed by atoms with E-state index in [1.54, 1.807) is 0 Å². The van der Waals surface area contributed by atoms with Crippen LogP contribution in [0.4, 0.5) is 5.69 Å². The molecular weight excluding hydrogens is 348 g/mol. The van der Waals surface area contributed by atoms with Crippen LogP contribution in [0.3, 0.4) is 0 Å². The fourth-order valence-corrected chi connectivity index (χ4v) is 6.07. The number of nitro groups is 1. The highest BCUT2D eigenvalue weighted by atomic mass is 35.5. The number of hydrogen-bond acceptors (Lipinski definition) is 6. The van der Waals surface area contributed by atoms with Gasteiger partial charge in [-0.2, -0.15) is 0 Å². The van der Waals surface area contributed by atoms with Gasteiger partial charge in [-0.3, -0.25) is 14.3 Å². The molecule has 0 amide bonds. The highest BCUT2D eigenvalue weighted by molar-refractivity contribution is 7.91. The second-order valence-corrected chi connectivity index (χ2v) is 9.52. The second-order valence-electron chi connectivity index (χ2n) is 4.23. The van der Waals surface area contributed by atoms with Crippen LogP contribution in [0.15, 0.2) is 10.3 Å². The molecule has 2 rings (SSSR count). The van der Waals surface area contributed by atoms with E-state index < -0.39 is 31.4 Å². The Bertz CT molecular complexity index is 647. The fourth-order valence-electron chi connectivity index (χ4n) is 1.78. The average Bonchev–Trinajstić information content (AvgIpc) is 2.75. The van der Waals surface area contributed by atoms with Crippen molar-refractivity contribution in [3.63, 3.8) is 0 Å². The summed E-state index contributed by atoms with van der Waals surface area (Å²) in [6, 6.07) is 0.661. The molecule has 7 nitrogen and oxygen atoms in total. The normalized spacial score (nSPS) is 23.6. The SMILES string of the molecule is O=[N+]([O-])c1cc(S(=O)(=O)NC2CCS(=O)CC2)sc1Cl. The highest BCUT2D eigenvalue weighted by Gasteiger charge is 2.28. The van der Waals surface area contributed by atoms with Gasteiger partial charge in [-0.05, 0) is 12.8 Å². The number of nitrogens with one attached hydrogen (secondary N) is 1. The van der Waals surface area contributed by atoms with Gasteiger partial charge in [0, 0.05) is 34.4 Å². The van der Waals surface area contributed by atoms with Gasteiger partial charge in [0.05, 0.1) is 4.92 Å². The molecule has 112 valence electrons. The molecule has 0 saturated carbocycles. The van der Waals surface area contributed by atoms with Gasteiger partial charge >= 0.3 is 0 Å². The number of thiophene rings is 1. The van der Waals surface area contributed by atoms with E-state index in [4.69, 9.17) is 11.6 Å². The molecule has 1 fully saturated rings. The van der Waals surface area contributed by atoms with Crippen molar-refractivity contribution in [1.29, 1.82) is 0 Å². The molecule has 1 aromatic heterocycles. The fraction of sp³-hybridized carbons (Fsp3) is 0.556. The molecule has 1 N–H and O–H groups in total. The van der Waals surface area contributed by atoms with Crippen LogP contribution in [0.25, 0.3) is 0 Å². The summed E-state index contributed by atoms with van der Waals surface area (Å²) in [6.07, 6.45) is 0.986. The van der Waals surface area contributed by atoms with Gasteiger partial charge in [0.2, 0.25) is 0 Å². The van der Waals surface area contributed by atoms with Crippen LogP contribution in [-0.2, 0) is 20.8 Å². The Morgan fingerprint density at radius 3 is 2.55 bits per heavy atom. The van der Waals surface area contributed by atoms with Gasteiger partial charge in [-0.15, -0.1) is 11.3 Å². The maximum atomic E-state index is 12.1. The third kappa shape index (κ3) is 3.55. The van der Waals surface area contributed by atoms with Crippen LogP contribution in [0.1, 0.15) is 12.8 Å². The summed E-state index contributed by atoms with van der Waals surface area (Å²) in [7, 11) is -4.71. The predicted octanol–water partition coefficient (Wildman–Crippen LogP) is 1.50. The second kappa shape index (κ2) is 6.06. The van der Waals surface area contributed by atoms with Crippen molar-refractivity contribution in [2.24, 2.45) is 0 Å². The quantitative estimate of drug-likeness (QED) is 0.648. The number of sulfonamides is 1. The van der Waals surface area contributed by atoms with Crippen LogP contribution in [0.2, 0.25) is 4.34 Å². The van der Waals surface area contributed by atoms with Crippen molar-refractivity contribution >= 4 is 49.4 Å². The first-order valence-electron chi connectivity index (χ1n) is 5.60. The van der Waals surface area contributed by atoms with Crippen LogP contribution < -0.4 is 4.72 Å². The molecule has 0 atom stereocenters. The van der Waals surface area contributed by atoms with E-state index in [2.05, 4.69) is 4.72 Å². The van der Waals surface area contributed by atoms with Crippen molar-refractivity contribution in [2.75, 3.05) is 11.5 Å². The third-order valence-corrected chi connectivity index (χ3v) is 7.53. The zero-order valence-corrected chi connectivity index (χ0v) is 13.3. The number of hydrogen-bond donors (Lipinski definition) is 1. The largest absolute Gasteiger partial charge is 0.300 e. The van der Waals surface area contributed by atoms with Gasteiger partial charge in [0.25, 0.3) is 15.7 Å². The van der Waals surface area contributed by atoms with E-state index >= 15 is 0 Å². The molecule has 0 radical (unpaired) electrons. The molecule has 2 heterocycles. The average molecular weight is 359 g/mol. The maximum absolute atomic E-state index is 12.1. The van der Waals surface area contributed by atoms with Gasteiger partial charge in [0.1, 0.15) is 4.21 Å². The van der Waals surface area contributed by atoms with Gasteiger partial charge < -0.3 is 0 Å². The first-order chi connectivity index (χ1) is 9.29. The van der Waals surface area contributed by atoms with Crippen LogP contribution >= 0.6 is 22.9 Å². The molecule has 1 aromatic rings. The maximum Gasteiger partial charge on any atom is 0.300 e. The van der Waals surface area contributed by atoms with E-state index in [0.717, 1.165) is 6.07 Å². The van der Waals surface area contributed by atoms with Crippen molar-refractivity contribution in [3.05, 3.63) is 20.5 Å². The Balaban J connectivity index is 2.16. The van der Waals surface area contributed by atoms with E-state index in [-0.39, 0.29) is 14.6 Å². The summed E-state index contributed by atoms with van der Waals surface area (Å²) in [5.74, 6) is 0.914. The third-order valence-electron chi connectivity index (χ3n) is 2.82. The predicted molar refractivity (Wildman–Crippen MR) is 77.2 cm³/mol. The molecule has 20 heavy (non-hydrogen) atoms. The lowest BCUT2D eigenvalue weighted by Gasteiger charge is -2.21. The minimum atomic E-state index is -3.83. The lowest BCUT2D eigenvalue weighted by molar-refractivity contribution is -0.384. The van der Waals surface area contributed by atoms with E-state index in [1.807, 2.05) is 0 Å². The first-order valence-corrected chi connectivity index (χ1v) is 9.77. The van der Waals surface area contributed by atoms with E-state index in [1.165, 1.54) is 0 Å². The Morgan fingerprint density at radius 1 is 1.45 bits per heavy atom. The summed E-state index contributed by atoms with van der Waals surface area (Å²) in [5, 5.41) is 10.7. The number of rotatable bonds is 4. The molecular formula is C9H11ClN2O5S3. The molecule has 1 saturated heterocycles. The molecule has 0 aliphatic carbocycles. The Hall–Kier alpha value is -0.550. The molecule has 0 unspecified atom stereocenters. The van der Waals surface area contributed by atoms with Crippen molar-refractivity contribution in [1.82, 2.24) is 4.72 Å². The number of halogens is 1. The molecule has 0 spiro atoms. The van der Waals surface area contributed by atoms with E-state index in [0.29, 0.717) is 35.7 Å². The summed E-state index contributed by atoms with van der Waals surface area (Å²) in [4.78, 5) is 9.95. The Kier molecular flexibility index (Phi) is 4.80. The summed E-state index contributed by atoms with van der Waals surface area (Å²) >= 11 is 6.30. The van der Waals surface area contributed by atoms with Crippen molar-refractivity contribution in [3.8, 4) is 0 Å². The lowest BCUT2D eigenvalue weighted by atomic mass is 10.2. The van der Waals surface area contributed by atoms with E-state index in [9.17, 15) is 22.7 Å². The van der Waals surface area contributed by atoms with Crippen LogP contribution in [-0.4, -0.2) is 35.1 Å². The summed E-state index contributed by atoms with van der Waals surface area (Å²) < 4.78 is 37.6. The Morgan fingerprint density at radius 2 is 2.05 bits per heavy atom.